The maximum absolute atomic E-state index is 12.9. The Balaban J connectivity index is 1.45. The molecule has 0 radical (unpaired) electrons. The van der Waals surface area contributed by atoms with Crippen LogP contribution in [0.2, 0.25) is 0 Å². The van der Waals surface area contributed by atoms with E-state index >= 15 is 0 Å². The number of fused-ring (bicyclic) bond motifs is 1. The topological polar surface area (TPSA) is 86.3 Å². The Morgan fingerprint density at radius 3 is 2.53 bits per heavy atom. The lowest BCUT2D eigenvalue weighted by Crippen LogP contribution is -2.24. The smallest absolute Gasteiger partial charge is 0.272 e. The zero-order chi connectivity index (χ0) is 21.9. The normalized spacial score (nSPS) is 10.9. The number of nitrogens with one attached hydrogen (secondary N) is 1. The summed E-state index contributed by atoms with van der Waals surface area (Å²) >= 11 is 0. The van der Waals surface area contributed by atoms with Gasteiger partial charge in [-0.3, -0.25) is 9.20 Å². The third kappa shape index (κ3) is 3.69. The summed E-state index contributed by atoms with van der Waals surface area (Å²) in [5.74, 6) is 1.12. The molecule has 5 rings (SSSR count). The van der Waals surface area contributed by atoms with Crippen LogP contribution in [0.15, 0.2) is 85.1 Å². The largest absolute Gasteiger partial charge is 0.497 e. The lowest BCUT2D eigenvalue weighted by Gasteiger charge is -2.08. The standard InChI is InChI=1S/C24H20N6O2/c1-32-19-12-10-17(11-13-19)21-15-20(28-30(21)18-7-3-2-4-8-18)24(31)25-16-23-27-26-22-9-5-6-14-29(22)23/h2-15H,16H2,1H3,(H,25,31). The van der Waals surface area contributed by atoms with Crippen LogP contribution in [-0.2, 0) is 6.54 Å². The van der Waals surface area contributed by atoms with Crippen LogP contribution in [-0.4, -0.2) is 37.4 Å². The molecule has 8 nitrogen and oxygen atoms in total. The Labute approximate surface area is 184 Å². The number of aromatic nitrogens is 5. The summed E-state index contributed by atoms with van der Waals surface area (Å²) in [4.78, 5) is 12.9. The Hall–Kier alpha value is -4.46. The Kier molecular flexibility index (Phi) is 5.09. The number of carbonyl (C=O) groups excluding carboxylic acids is 1. The number of carbonyl (C=O) groups is 1. The van der Waals surface area contributed by atoms with Gasteiger partial charge in [-0.05, 0) is 54.6 Å². The quantitative estimate of drug-likeness (QED) is 0.451. The minimum atomic E-state index is -0.290. The number of hydrogen-bond acceptors (Lipinski definition) is 5. The van der Waals surface area contributed by atoms with Crippen molar-refractivity contribution in [1.29, 1.82) is 0 Å². The molecule has 0 saturated heterocycles. The second-order valence-corrected chi connectivity index (χ2v) is 7.12. The summed E-state index contributed by atoms with van der Waals surface area (Å²) in [7, 11) is 1.63. The van der Waals surface area contributed by atoms with Gasteiger partial charge < -0.3 is 10.1 Å². The molecule has 2 aromatic carbocycles. The number of para-hydroxylation sites is 1. The highest BCUT2D eigenvalue weighted by Gasteiger charge is 2.17. The third-order valence-corrected chi connectivity index (χ3v) is 5.12. The van der Waals surface area contributed by atoms with Gasteiger partial charge in [0.2, 0.25) is 0 Å². The van der Waals surface area contributed by atoms with Crippen LogP contribution in [0.5, 0.6) is 5.75 Å². The first-order valence-corrected chi connectivity index (χ1v) is 10.1. The van der Waals surface area contributed by atoms with Crippen molar-refractivity contribution in [2.75, 3.05) is 7.11 Å². The van der Waals surface area contributed by atoms with Gasteiger partial charge in [-0.2, -0.15) is 5.10 Å². The van der Waals surface area contributed by atoms with Crippen LogP contribution in [0.3, 0.4) is 0 Å². The van der Waals surface area contributed by atoms with E-state index in [4.69, 9.17) is 4.74 Å². The number of hydrogen-bond donors (Lipinski definition) is 1. The molecular weight excluding hydrogens is 404 g/mol. The second kappa shape index (κ2) is 8.35. The highest BCUT2D eigenvalue weighted by Crippen LogP contribution is 2.26. The highest BCUT2D eigenvalue weighted by atomic mass is 16.5. The monoisotopic (exact) mass is 424 g/mol. The molecule has 0 aliphatic heterocycles. The Bertz CT molecular complexity index is 1370. The molecule has 0 spiro atoms. The van der Waals surface area contributed by atoms with Crippen molar-refractivity contribution < 1.29 is 9.53 Å². The number of pyridine rings is 1. The molecule has 8 heteroatoms. The molecule has 0 unspecified atom stereocenters. The van der Waals surface area contributed by atoms with Gasteiger partial charge in [-0.15, -0.1) is 10.2 Å². The summed E-state index contributed by atoms with van der Waals surface area (Å²) in [5.41, 5.74) is 3.63. The predicted molar refractivity (Wildman–Crippen MR) is 120 cm³/mol. The molecule has 0 aliphatic carbocycles. The molecule has 1 amide bonds. The van der Waals surface area contributed by atoms with E-state index in [-0.39, 0.29) is 12.5 Å². The number of benzene rings is 2. The lowest BCUT2D eigenvalue weighted by atomic mass is 10.1. The second-order valence-electron chi connectivity index (χ2n) is 7.12. The number of ether oxygens (including phenoxy) is 1. The molecule has 1 N–H and O–H groups in total. The van der Waals surface area contributed by atoms with Crippen molar-refractivity contribution in [2.24, 2.45) is 0 Å². The molecular formula is C24H20N6O2. The minimum absolute atomic E-state index is 0.236. The fourth-order valence-electron chi connectivity index (χ4n) is 3.49. The van der Waals surface area contributed by atoms with Crippen molar-refractivity contribution in [3.05, 3.63) is 96.6 Å². The molecule has 3 heterocycles. The van der Waals surface area contributed by atoms with Crippen molar-refractivity contribution in [3.63, 3.8) is 0 Å². The van der Waals surface area contributed by atoms with Crippen LogP contribution in [0.4, 0.5) is 0 Å². The van der Waals surface area contributed by atoms with E-state index in [0.29, 0.717) is 11.5 Å². The van der Waals surface area contributed by atoms with E-state index < -0.39 is 0 Å². The van der Waals surface area contributed by atoms with Gasteiger partial charge in [-0.1, -0.05) is 24.3 Å². The van der Waals surface area contributed by atoms with E-state index in [2.05, 4.69) is 20.6 Å². The number of methoxy groups -OCH3 is 1. The Morgan fingerprint density at radius 2 is 1.75 bits per heavy atom. The molecule has 0 saturated carbocycles. The summed E-state index contributed by atoms with van der Waals surface area (Å²) in [6.45, 7) is 0.236. The summed E-state index contributed by atoms with van der Waals surface area (Å²) in [5, 5.41) is 15.8. The van der Waals surface area contributed by atoms with Gasteiger partial charge in [0.15, 0.2) is 17.2 Å². The van der Waals surface area contributed by atoms with Crippen molar-refractivity contribution in [1.82, 2.24) is 29.7 Å². The first-order valence-electron chi connectivity index (χ1n) is 10.1. The first-order chi connectivity index (χ1) is 15.7. The fourth-order valence-corrected chi connectivity index (χ4v) is 3.49. The maximum Gasteiger partial charge on any atom is 0.272 e. The number of rotatable bonds is 6. The molecule has 0 aliphatic rings. The third-order valence-electron chi connectivity index (χ3n) is 5.12. The van der Waals surface area contributed by atoms with Crippen LogP contribution in [0, 0.1) is 0 Å². The van der Waals surface area contributed by atoms with Crippen molar-refractivity contribution in [3.8, 4) is 22.7 Å². The Morgan fingerprint density at radius 1 is 0.969 bits per heavy atom. The van der Waals surface area contributed by atoms with Crippen LogP contribution in [0.25, 0.3) is 22.6 Å². The average Bonchev–Trinajstić information content (AvgIpc) is 3.48. The van der Waals surface area contributed by atoms with Gasteiger partial charge in [0.05, 0.1) is 25.0 Å². The highest BCUT2D eigenvalue weighted by molar-refractivity contribution is 5.93. The van der Waals surface area contributed by atoms with E-state index in [1.807, 2.05) is 83.4 Å². The average molecular weight is 424 g/mol. The predicted octanol–water partition coefficient (Wildman–Crippen LogP) is 3.52. The fraction of sp³-hybridized carbons (Fsp3) is 0.0833. The summed E-state index contributed by atoms with van der Waals surface area (Å²) in [6.07, 6.45) is 1.86. The molecule has 0 atom stereocenters. The molecule has 0 fully saturated rings. The zero-order valence-electron chi connectivity index (χ0n) is 17.3. The van der Waals surface area contributed by atoms with Gasteiger partial charge >= 0.3 is 0 Å². The first kappa shape index (κ1) is 19.5. The van der Waals surface area contributed by atoms with E-state index in [9.17, 15) is 4.79 Å². The van der Waals surface area contributed by atoms with Crippen LogP contribution in [0.1, 0.15) is 16.3 Å². The van der Waals surface area contributed by atoms with Gasteiger partial charge in [0, 0.05) is 11.8 Å². The number of nitrogens with zero attached hydrogens (tertiary/aromatic N) is 5. The summed E-state index contributed by atoms with van der Waals surface area (Å²) < 4.78 is 8.87. The molecule has 158 valence electrons. The van der Waals surface area contributed by atoms with Crippen molar-refractivity contribution in [2.45, 2.75) is 6.54 Å². The van der Waals surface area contributed by atoms with E-state index in [1.54, 1.807) is 17.9 Å². The lowest BCUT2D eigenvalue weighted by molar-refractivity contribution is 0.0944. The molecule has 0 bridgehead atoms. The van der Waals surface area contributed by atoms with Gasteiger partial charge in [0.1, 0.15) is 5.75 Å². The molecule has 3 aromatic heterocycles. The molecule has 32 heavy (non-hydrogen) atoms. The van der Waals surface area contributed by atoms with Gasteiger partial charge in [-0.25, -0.2) is 4.68 Å². The zero-order valence-corrected chi connectivity index (χ0v) is 17.3. The van der Waals surface area contributed by atoms with Gasteiger partial charge in [0.25, 0.3) is 5.91 Å². The number of amides is 1. The van der Waals surface area contributed by atoms with E-state index in [1.165, 1.54) is 0 Å². The SMILES string of the molecule is COc1ccc(-c2cc(C(=O)NCc3nnc4ccccn34)nn2-c2ccccc2)cc1. The summed E-state index contributed by atoms with van der Waals surface area (Å²) in [6, 6.07) is 24.8. The van der Waals surface area contributed by atoms with Crippen molar-refractivity contribution >= 4 is 11.6 Å². The van der Waals surface area contributed by atoms with Crippen LogP contribution >= 0.6 is 0 Å². The van der Waals surface area contributed by atoms with Crippen LogP contribution < -0.4 is 10.1 Å². The minimum Gasteiger partial charge on any atom is -0.497 e. The maximum atomic E-state index is 12.9. The van der Waals surface area contributed by atoms with E-state index in [0.717, 1.165) is 28.3 Å². The molecule has 5 aromatic rings.